The number of piperidine rings is 1. The van der Waals surface area contributed by atoms with Gasteiger partial charge >= 0.3 is 12.3 Å². The second-order valence-corrected chi connectivity index (χ2v) is 5.70. The van der Waals surface area contributed by atoms with Crippen molar-refractivity contribution in [2.24, 2.45) is 0 Å². The molecule has 1 aliphatic rings. The second kappa shape index (κ2) is 7.84. The summed E-state index contributed by atoms with van der Waals surface area (Å²) in [7, 11) is 5.70. The van der Waals surface area contributed by atoms with E-state index in [2.05, 4.69) is 9.64 Å². The van der Waals surface area contributed by atoms with Crippen LogP contribution < -0.4 is 0 Å². The number of nitrogens with zero attached hydrogens (tertiary/aromatic N) is 3. The van der Waals surface area contributed by atoms with Crippen LogP contribution in [0.25, 0.3) is 0 Å². The summed E-state index contributed by atoms with van der Waals surface area (Å²) >= 11 is 0. The van der Waals surface area contributed by atoms with E-state index in [0.717, 1.165) is 25.9 Å². The summed E-state index contributed by atoms with van der Waals surface area (Å²) in [6.45, 7) is 1.09. The third kappa shape index (κ3) is 6.99. The molecule has 1 aliphatic heterocycles. The fourth-order valence-corrected chi connectivity index (χ4v) is 2.26. The van der Waals surface area contributed by atoms with Crippen LogP contribution in [-0.2, 0) is 4.74 Å². The number of hydrogen-bond acceptors (Lipinski definition) is 4. The van der Waals surface area contributed by atoms with Gasteiger partial charge in [0.2, 0.25) is 0 Å². The molecule has 0 unspecified atom stereocenters. The Morgan fingerprint density at radius 3 is 2.29 bits per heavy atom. The molecule has 0 bridgehead atoms. The molecule has 0 atom stereocenters. The van der Waals surface area contributed by atoms with Gasteiger partial charge in [-0.25, -0.2) is 4.79 Å². The SMILES string of the molecule is CN(C)CCN(C(=O)OCC(F)(F)F)C1CCN(C)CC1. The third-order valence-electron chi connectivity index (χ3n) is 3.51. The van der Waals surface area contributed by atoms with Gasteiger partial charge in [0.1, 0.15) is 0 Å². The van der Waals surface area contributed by atoms with Crippen LogP contribution in [0.1, 0.15) is 12.8 Å². The molecule has 1 rings (SSSR count). The predicted molar refractivity (Wildman–Crippen MR) is 73.2 cm³/mol. The molecule has 124 valence electrons. The maximum absolute atomic E-state index is 12.2. The number of alkyl halides is 3. The number of ether oxygens (including phenoxy) is 1. The van der Waals surface area contributed by atoms with Crippen molar-refractivity contribution in [3.8, 4) is 0 Å². The van der Waals surface area contributed by atoms with E-state index in [9.17, 15) is 18.0 Å². The Labute approximate surface area is 123 Å². The number of halogens is 3. The molecule has 0 spiro atoms. The summed E-state index contributed by atoms with van der Waals surface area (Å²) in [5, 5.41) is 0. The van der Waals surface area contributed by atoms with E-state index in [1.54, 1.807) is 0 Å². The zero-order chi connectivity index (χ0) is 16.0. The lowest BCUT2D eigenvalue weighted by molar-refractivity contribution is -0.163. The number of likely N-dealkylation sites (N-methyl/N-ethyl adjacent to an activating group) is 1. The first-order valence-corrected chi connectivity index (χ1v) is 7.02. The van der Waals surface area contributed by atoms with Crippen LogP contribution >= 0.6 is 0 Å². The molecule has 0 aromatic carbocycles. The van der Waals surface area contributed by atoms with Crippen LogP contribution in [0, 0.1) is 0 Å². The van der Waals surface area contributed by atoms with Gasteiger partial charge < -0.3 is 19.4 Å². The largest absolute Gasteiger partial charge is 0.440 e. The maximum atomic E-state index is 12.2. The molecule has 1 saturated heterocycles. The number of carbonyl (C=O) groups excluding carboxylic acids is 1. The minimum Gasteiger partial charge on any atom is -0.440 e. The van der Waals surface area contributed by atoms with E-state index in [0.29, 0.717) is 13.1 Å². The highest BCUT2D eigenvalue weighted by Gasteiger charge is 2.33. The lowest BCUT2D eigenvalue weighted by Gasteiger charge is -2.37. The Bertz CT molecular complexity index is 329. The van der Waals surface area contributed by atoms with Gasteiger partial charge in [-0.2, -0.15) is 13.2 Å². The highest BCUT2D eigenvalue weighted by atomic mass is 19.4. The van der Waals surface area contributed by atoms with E-state index in [-0.39, 0.29) is 6.04 Å². The smallest absolute Gasteiger partial charge is 0.422 e. The normalized spacial score (nSPS) is 18.0. The molecule has 0 aliphatic carbocycles. The summed E-state index contributed by atoms with van der Waals surface area (Å²) < 4.78 is 40.9. The van der Waals surface area contributed by atoms with E-state index < -0.39 is 18.9 Å². The van der Waals surface area contributed by atoms with Gasteiger partial charge in [0.15, 0.2) is 6.61 Å². The van der Waals surface area contributed by atoms with Crippen LogP contribution in [0.5, 0.6) is 0 Å². The molecule has 1 amide bonds. The lowest BCUT2D eigenvalue weighted by atomic mass is 10.0. The fourth-order valence-electron chi connectivity index (χ4n) is 2.26. The number of carbonyl (C=O) groups is 1. The quantitative estimate of drug-likeness (QED) is 0.773. The van der Waals surface area contributed by atoms with Crippen molar-refractivity contribution in [3.63, 3.8) is 0 Å². The molecule has 1 fully saturated rings. The monoisotopic (exact) mass is 311 g/mol. The van der Waals surface area contributed by atoms with E-state index in [4.69, 9.17) is 0 Å². The van der Waals surface area contributed by atoms with Gasteiger partial charge in [-0.05, 0) is 47.1 Å². The van der Waals surface area contributed by atoms with Crippen LogP contribution in [0.3, 0.4) is 0 Å². The molecule has 1 heterocycles. The van der Waals surface area contributed by atoms with Crippen molar-refractivity contribution in [3.05, 3.63) is 0 Å². The standard InChI is InChI=1S/C13H24F3N3O2/c1-17(2)8-9-19(11-4-6-18(3)7-5-11)12(20)21-10-13(14,15)16/h11H,4-10H2,1-3H3. The first kappa shape index (κ1) is 18.0. The molecule has 0 aromatic rings. The third-order valence-corrected chi connectivity index (χ3v) is 3.51. The zero-order valence-electron chi connectivity index (χ0n) is 12.8. The van der Waals surface area contributed by atoms with Gasteiger partial charge in [0, 0.05) is 19.1 Å². The van der Waals surface area contributed by atoms with Gasteiger partial charge in [-0.15, -0.1) is 0 Å². The molecule has 5 nitrogen and oxygen atoms in total. The van der Waals surface area contributed by atoms with Crippen molar-refractivity contribution in [2.75, 3.05) is 53.9 Å². The molecular weight excluding hydrogens is 287 g/mol. The minimum absolute atomic E-state index is 0.0538. The van der Waals surface area contributed by atoms with Crippen LogP contribution in [0.15, 0.2) is 0 Å². The Morgan fingerprint density at radius 1 is 1.24 bits per heavy atom. The van der Waals surface area contributed by atoms with Crippen molar-refractivity contribution in [1.29, 1.82) is 0 Å². The Balaban J connectivity index is 2.60. The molecule has 0 N–H and O–H groups in total. The molecule has 8 heteroatoms. The molecule has 0 saturated carbocycles. The molecule has 0 aromatic heterocycles. The summed E-state index contributed by atoms with van der Waals surface area (Å²) in [4.78, 5) is 17.4. The highest BCUT2D eigenvalue weighted by Crippen LogP contribution is 2.19. The van der Waals surface area contributed by atoms with Gasteiger partial charge in [0.25, 0.3) is 0 Å². The first-order valence-electron chi connectivity index (χ1n) is 7.02. The van der Waals surface area contributed by atoms with E-state index >= 15 is 0 Å². The summed E-state index contributed by atoms with van der Waals surface area (Å²) in [6.07, 6.45) is -3.85. The zero-order valence-corrected chi connectivity index (χ0v) is 12.8. The first-order chi connectivity index (χ1) is 9.69. The molecule has 0 radical (unpaired) electrons. The Morgan fingerprint density at radius 2 is 1.81 bits per heavy atom. The van der Waals surface area contributed by atoms with Gasteiger partial charge in [0.05, 0.1) is 0 Å². The van der Waals surface area contributed by atoms with Crippen molar-refractivity contribution < 1.29 is 22.7 Å². The lowest BCUT2D eigenvalue weighted by Crippen LogP contribution is -2.49. The van der Waals surface area contributed by atoms with Gasteiger partial charge in [-0.1, -0.05) is 0 Å². The summed E-state index contributed by atoms with van der Waals surface area (Å²) in [6, 6.07) is -0.0538. The summed E-state index contributed by atoms with van der Waals surface area (Å²) in [5.74, 6) is 0. The number of hydrogen-bond donors (Lipinski definition) is 0. The topological polar surface area (TPSA) is 36.0 Å². The highest BCUT2D eigenvalue weighted by molar-refractivity contribution is 5.68. The van der Waals surface area contributed by atoms with Gasteiger partial charge in [-0.3, -0.25) is 0 Å². The number of rotatable bonds is 5. The second-order valence-electron chi connectivity index (χ2n) is 5.70. The molecule has 21 heavy (non-hydrogen) atoms. The van der Waals surface area contributed by atoms with Crippen molar-refractivity contribution in [2.45, 2.75) is 25.1 Å². The average molecular weight is 311 g/mol. The fraction of sp³-hybridized carbons (Fsp3) is 0.923. The van der Waals surface area contributed by atoms with Crippen LogP contribution in [0.2, 0.25) is 0 Å². The summed E-state index contributed by atoms with van der Waals surface area (Å²) in [5.41, 5.74) is 0. The van der Waals surface area contributed by atoms with Crippen LogP contribution in [0.4, 0.5) is 18.0 Å². The average Bonchev–Trinajstić information content (AvgIpc) is 2.37. The Hall–Kier alpha value is -1.02. The maximum Gasteiger partial charge on any atom is 0.422 e. The number of amides is 1. The van der Waals surface area contributed by atoms with Crippen LogP contribution in [-0.4, -0.2) is 86.9 Å². The van der Waals surface area contributed by atoms with E-state index in [1.165, 1.54) is 4.90 Å². The van der Waals surface area contributed by atoms with E-state index in [1.807, 2.05) is 26.0 Å². The Kier molecular flexibility index (Phi) is 6.73. The van der Waals surface area contributed by atoms with Crippen molar-refractivity contribution in [1.82, 2.24) is 14.7 Å². The number of likely N-dealkylation sites (tertiary alicyclic amines) is 1. The minimum atomic E-state index is -4.49. The predicted octanol–water partition coefficient (Wildman–Crippen LogP) is 1.64. The van der Waals surface area contributed by atoms with Crippen molar-refractivity contribution >= 4 is 6.09 Å². The molecular formula is C13H24F3N3O2.